The number of rotatable bonds is 6. The van der Waals surface area contributed by atoms with E-state index in [1.54, 1.807) is 0 Å². The Balaban J connectivity index is 1.58. The van der Waals surface area contributed by atoms with Crippen LogP contribution in [0.25, 0.3) is 0 Å². The van der Waals surface area contributed by atoms with Gasteiger partial charge >= 0.3 is 0 Å². The number of alkyl halides is 1. The van der Waals surface area contributed by atoms with Crippen molar-refractivity contribution in [3.63, 3.8) is 0 Å². The molecule has 182 valence electrons. The molecule has 7 unspecified atom stereocenters. The molecule has 0 aromatic rings. The highest BCUT2D eigenvalue weighted by Crippen LogP contribution is 2.42. The second kappa shape index (κ2) is 11.0. The van der Waals surface area contributed by atoms with Gasteiger partial charge in [-0.15, -0.1) is 0 Å². The van der Waals surface area contributed by atoms with Crippen LogP contribution < -0.4 is 5.32 Å². The molecular formula is C25H41IN2O4. The van der Waals surface area contributed by atoms with Crippen molar-refractivity contribution < 1.29 is 19.7 Å². The van der Waals surface area contributed by atoms with Gasteiger partial charge in [0.05, 0.1) is 6.10 Å². The highest BCUT2D eigenvalue weighted by atomic mass is 127. The van der Waals surface area contributed by atoms with Crippen LogP contribution in [0.2, 0.25) is 0 Å². The maximum absolute atomic E-state index is 11.2. The van der Waals surface area contributed by atoms with E-state index in [0.29, 0.717) is 24.8 Å². The molecule has 6 nitrogen and oxygen atoms in total. The fraction of sp³-hybridized carbons (Fsp3) is 0.840. The van der Waals surface area contributed by atoms with E-state index in [0.717, 1.165) is 46.9 Å². The van der Waals surface area contributed by atoms with Crippen molar-refractivity contribution in [1.29, 1.82) is 0 Å². The standard InChI is InChI=1S/C25H41IN2O4/c1-15(27-19-6-4-5-18(26)13-19)20-11-17(25(30)28(2)3)12-21-22(29)14-23(32-24(20)21)16-7-9-31-10-8-16/h11,15-19,22-23,25,27,29-30H,4-10,12-14H2,1-3H3. The minimum absolute atomic E-state index is 0.0342. The first-order valence-corrected chi connectivity index (χ1v) is 13.7. The lowest BCUT2D eigenvalue weighted by atomic mass is 9.78. The van der Waals surface area contributed by atoms with Crippen molar-refractivity contribution in [3.05, 3.63) is 23.0 Å². The van der Waals surface area contributed by atoms with Crippen molar-refractivity contribution in [3.8, 4) is 0 Å². The molecule has 1 saturated heterocycles. The van der Waals surface area contributed by atoms with Crippen LogP contribution in [0.15, 0.2) is 23.0 Å². The molecule has 0 bridgehead atoms. The predicted molar refractivity (Wildman–Crippen MR) is 135 cm³/mol. The number of aliphatic hydroxyl groups is 2. The molecule has 2 fully saturated rings. The van der Waals surface area contributed by atoms with Crippen molar-refractivity contribution in [2.45, 2.75) is 92.7 Å². The molecule has 3 N–H and O–H groups in total. The first-order valence-electron chi connectivity index (χ1n) is 12.5. The highest BCUT2D eigenvalue weighted by molar-refractivity contribution is 14.1. The smallest absolute Gasteiger partial charge is 0.125 e. The van der Waals surface area contributed by atoms with Crippen LogP contribution in [-0.2, 0) is 9.47 Å². The number of hydrogen-bond donors (Lipinski definition) is 3. The highest BCUT2D eigenvalue weighted by Gasteiger charge is 2.41. The van der Waals surface area contributed by atoms with E-state index in [1.165, 1.54) is 25.7 Å². The van der Waals surface area contributed by atoms with E-state index in [-0.39, 0.29) is 18.1 Å². The Hall–Kier alpha value is -0.190. The molecule has 2 aliphatic heterocycles. The lowest BCUT2D eigenvalue weighted by Gasteiger charge is -2.43. The number of nitrogens with one attached hydrogen (secondary N) is 1. The number of nitrogens with zero attached hydrogens (tertiary/aromatic N) is 1. The third-order valence-corrected chi connectivity index (χ3v) is 8.93. The van der Waals surface area contributed by atoms with Crippen molar-refractivity contribution in [2.24, 2.45) is 11.8 Å². The van der Waals surface area contributed by atoms with Gasteiger partial charge in [-0.1, -0.05) is 35.1 Å². The van der Waals surface area contributed by atoms with Crippen molar-refractivity contribution in [2.75, 3.05) is 27.3 Å². The van der Waals surface area contributed by atoms with Gasteiger partial charge in [0.1, 0.15) is 18.1 Å². The molecule has 2 aliphatic carbocycles. The zero-order chi connectivity index (χ0) is 22.8. The summed E-state index contributed by atoms with van der Waals surface area (Å²) in [5, 5.41) is 25.9. The minimum atomic E-state index is -0.583. The van der Waals surface area contributed by atoms with E-state index >= 15 is 0 Å². The lowest BCUT2D eigenvalue weighted by Crippen LogP contribution is -2.45. The summed E-state index contributed by atoms with van der Waals surface area (Å²) in [6, 6.07) is 0.619. The van der Waals surface area contributed by atoms with Gasteiger partial charge in [-0.2, -0.15) is 0 Å². The van der Waals surface area contributed by atoms with Gasteiger partial charge < -0.3 is 25.0 Å². The summed E-state index contributed by atoms with van der Waals surface area (Å²) >= 11 is 2.58. The van der Waals surface area contributed by atoms with Gasteiger partial charge in [-0.3, -0.25) is 4.90 Å². The summed E-state index contributed by atoms with van der Waals surface area (Å²) in [7, 11) is 3.81. The topological polar surface area (TPSA) is 74.2 Å². The molecule has 0 spiro atoms. The van der Waals surface area contributed by atoms with Crippen molar-refractivity contribution in [1.82, 2.24) is 10.2 Å². The number of halogens is 1. The molecule has 2 heterocycles. The lowest BCUT2D eigenvalue weighted by molar-refractivity contribution is -0.0439. The number of ether oxygens (including phenoxy) is 2. The van der Waals surface area contributed by atoms with Crippen LogP contribution >= 0.6 is 22.6 Å². The number of aliphatic hydroxyl groups excluding tert-OH is 2. The molecule has 0 aromatic heterocycles. The fourth-order valence-electron chi connectivity index (χ4n) is 5.91. The zero-order valence-electron chi connectivity index (χ0n) is 19.8. The maximum Gasteiger partial charge on any atom is 0.125 e. The number of hydrogen-bond acceptors (Lipinski definition) is 6. The normalized spacial score (nSPS) is 36.3. The predicted octanol–water partition coefficient (Wildman–Crippen LogP) is 3.37. The molecule has 7 atom stereocenters. The Morgan fingerprint density at radius 2 is 1.91 bits per heavy atom. The maximum atomic E-state index is 11.2. The summed E-state index contributed by atoms with van der Waals surface area (Å²) in [6.07, 6.45) is 9.42. The first-order chi connectivity index (χ1) is 15.3. The van der Waals surface area contributed by atoms with Gasteiger partial charge in [-0.25, -0.2) is 0 Å². The van der Waals surface area contributed by atoms with Crippen LogP contribution in [-0.4, -0.2) is 76.9 Å². The van der Waals surface area contributed by atoms with E-state index in [9.17, 15) is 10.2 Å². The van der Waals surface area contributed by atoms with E-state index in [2.05, 4.69) is 40.9 Å². The van der Waals surface area contributed by atoms with Gasteiger partial charge in [0, 0.05) is 58.6 Å². The Kier molecular flexibility index (Phi) is 8.59. The van der Waals surface area contributed by atoms with Gasteiger partial charge in [0.2, 0.25) is 0 Å². The molecular weight excluding hydrogens is 519 g/mol. The second-order valence-corrected chi connectivity index (χ2v) is 12.2. The van der Waals surface area contributed by atoms with E-state index in [1.807, 2.05) is 19.0 Å². The Morgan fingerprint density at radius 1 is 1.16 bits per heavy atom. The Bertz CT molecular complexity index is 706. The molecule has 32 heavy (non-hydrogen) atoms. The third-order valence-electron chi connectivity index (χ3n) is 7.80. The van der Waals surface area contributed by atoms with Crippen molar-refractivity contribution >= 4 is 22.6 Å². The molecule has 7 heteroatoms. The molecule has 0 aromatic carbocycles. The Morgan fingerprint density at radius 3 is 2.59 bits per heavy atom. The van der Waals surface area contributed by atoms with E-state index in [4.69, 9.17) is 9.47 Å². The van der Waals surface area contributed by atoms with Gasteiger partial charge in [0.25, 0.3) is 0 Å². The van der Waals surface area contributed by atoms with Crippen LogP contribution in [0.1, 0.15) is 58.3 Å². The minimum Gasteiger partial charge on any atom is -0.490 e. The SMILES string of the molecule is CC(NC1CCCC(I)C1)C1=CC(C(O)N(C)C)CC2=C1OC(C1CCOCC1)CC2O. The summed E-state index contributed by atoms with van der Waals surface area (Å²) in [5.41, 5.74) is 2.09. The zero-order valence-corrected chi connectivity index (χ0v) is 22.0. The molecule has 4 rings (SSSR count). The largest absolute Gasteiger partial charge is 0.490 e. The summed E-state index contributed by atoms with van der Waals surface area (Å²) in [4.78, 5) is 1.85. The first kappa shape index (κ1) is 24.9. The van der Waals surface area contributed by atoms with Crippen LogP contribution in [0.4, 0.5) is 0 Å². The summed E-state index contributed by atoms with van der Waals surface area (Å²) in [5.74, 6) is 1.27. The Labute approximate surface area is 206 Å². The van der Waals surface area contributed by atoms with Gasteiger partial charge in [0.15, 0.2) is 0 Å². The van der Waals surface area contributed by atoms with Crippen LogP contribution in [0.3, 0.4) is 0 Å². The third kappa shape index (κ3) is 5.71. The average Bonchev–Trinajstić information content (AvgIpc) is 2.78. The molecule has 4 aliphatic rings. The summed E-state index contributed by atoms with van der Waals surface area (Å²) in [6.45, 7) is 3.78. The second-order valence-electron chi connectivity index (χ2n) is 10.4. The molecule has 1 saturated carbocycles. The van der Waals surface area contributed by atoms with Gasteiger partial charge in [-0.05, 0) is 59.5 Å². The molecule has 0 amide bonds. The molecule has 0 radical (unpaired) electrons. The van der Waals surface area contributed by atoms with Crippen LogP contribution in [0.5, 0.6) is 0 Å². The average molecular weight is 561 g/mol. The van der Waals surface area contributed by atoms with Crippen LogP contribution in [0, 0.1) is 11.8 Å². The monoisotopic (exact) mass is 560 g/mol. The fourth-order valence-corrected chi connectivity index (χ4v) is 6.96. The van der Waals surface area contributed by atoms with E-state index < -0.39 is 12.3 Å². The quantitative estimate of drug-likeness (QED) is 0.263. The summed E-state index contributed by atoms with van der Waals surface area (Å²) < 4.78 is 13.0.